The molecule has 0 aromatic heterocycles. The molecule has 21 heavy (non-hydrogen) atoms. The van der Waals surface area contributed by atoms with Gasteiger partial charge in [0.1, 0.15) is 11.6 Å². The number of rotatable bonds is 5. The van der Waals surface area contributed by atoms with Crippen molar-refractivity contribution in [1.29, 1.82) is 0 Å². The van der Waals surface area contributed by atoms with E-state index in [4.69, 9.17) is 0 Å². The highest BCUT2D eigenvalue weighted by molar-refractivity contribution is 8.00. The molecule has 1 aromatic carbocycles. The summed E-state index contributed by atoms with van der Waals surface area (Å²) in [5.74, 6) is 0.612. The number of ketones is 1. The lowest BCUT2D eigenvalue weighted by Crippen LogP contribution is -2.49. The molecule has 0 atom stereocenters. The molecular formula is C15H19FN2O2S. The van der Waals surface area contributed by atoms with Crippen LogP contribution in [0.4, 0.5) is 10.1 Å². The Labute approximate surface area is 128 Å². The third-order valence-electron chi connectivity index (χ3n) is 3.36. The van der Waals surface area contributed by atoms with Crippen LogP contribution in [0, 0.1) is 5.82 Å². The molecule has 1 heterocycles. The van der Waals surface area contributed by atoms with Gasteiger partial charge in [-0.05, 0) is 19.1 Å². The molecule has 0 aliphatic carbocycles. The second-order valence-corrected chi connectivity index (χ2v) is 6.00. The number of benzene rings is 1. The molecule has 1 amide bonds. The fourth-order valence-electron chi connectivity index (χ4n) is 2.28. The number of piperazine rings is 1. The van der Waals surface area contributed by atoms with Crippen LogP contribution in [0.1, 0.15) is 6.92 Å². The Kier molecular flexibility index (Phi) is 5.61. The minimum atomic E-state index is -0.228. The molecule has 2 rings (SSSR count). The molecule has 0 N–H and O–H groups in total. The van der Waals surface area contributed by atoms with E-state index in [2.05, 4.69) is 0 Å². The lowest BCUT2D eigenvalue weighted by molar-refractivity contribution is -0.128. The summed E-state index contributed by atoms with van der Waals surface area (Å²) in [5, 5.41) is 0. The summed E-state index contributed by atoms with van der Waals surface area (Å²) < 4.78 is 13.7. The molecule has 1 aromatic rings. The normalized spacial score (nSPS) is 15.1. The number of hydrogen-bond donors (Lipinski definition) is 0. The Hall–Kier alpha value is -1.56. The SMILES string of the molecule is CC(=O)CSCC(=O)N1CCN(c2ccccc2F)CC1. The van der Waals surface area contributed by atoms with Gasteiger partial charge in [-0.15, -0.1) is 11.8 Å². The number of thioether (sulfide) groups is 1. The second-order valence-electron chi connectivity index (χ2n) is 5.01. The number of anilines is 1. The monoisotopic (exact) mass is 310 g/mol. The van der Waals surface area contributed by atoms with Gasteiger partial charge in [0.05, 0.1) is 17.2 Å². The predicted octanol–water partition coefficient (Wildman–Crippen LogP) is 1.80. The van der Waals surface area contributed by atoms with Crippen LogP contribution in [0.15, 0.2) is 24.3 Å². The van der Waals surface area contributed by atoms with Crippen LogP contribution in [-0.2, 0) is 9.59 Å². The summed E-state index contributed by atoms with van der Waals surface area (Å²) in [7, 11) is 0. The van der Waals surface area contributed by atoms with Gasteiger partial charge in [-0.3, -0.25) is 9.59 Å². The fourth-order valence-corrected chi connectivity index (χ4v) is 3.03. The molecule has 4 nitrogen and oxygen atoms in total. The number of hydrogen-bond acceptors (Lipinski definition) is 4. The van der Waals surface area contributed by atoms with Gasteiger partial charge in [0.25, 0.3) is 0 Å². The number of amides is 1. The Morgan fingerprint density at radius 1 is 1.14 bits per heavy atom. The van der Waals surface area contributed by atoms with Crippen LogP contribution in [0.2, 0.25) is 0 Å². The Morgan fingerprint density at radius 2 is 1.81 bits per heavy atom. The maximum absolute atomic E-state index is 13.7. The zero-order chi connectivity index (χ0) is 15.2. The number of halogens is 1. The van der Waals surface area contributed by atoms with Crippen LogP contribution >= 0.6 is 11.8 Å². The zero-order valence-corrected chi connectivity index (χ0v) is 12.9. The van der Waals surface area contributed by atoms with E-state index in [0.29, 0.717) is 43.4 Å². The van der Waals surface area contributed by atoms with Crippen molar-refractivity contribution in [2.24, 2.45) is 0 Å². The highest BCUT2D eigenvalue weighted by Gasteiger charge is 2.22. The molecule has 1 saturated heterocycles. The van der Waals surface area contributed by atoms with E-state index in [9.17, 15) is 14.0 Å². The van der Waals surface area contributed by atoms with Gasteiger partial charge in [-0.2, -0.15) is 0 Å². The Bertz CT molecular complexity index is 516. The molecule has 1 aliphatic rings. The first kappa shape index (κ1) is 15.8. The summed E-state index contributed by atoms with van der Waals surface area (Å²) >= 11 is 1.35. The summed E-state index contributed by atoms with van der Waals surface area (Å²) in [5.41, 5.74) is 0.593. The molecule has 1 aliphatic heterocycles. The number of carbonyl (C=O) groups is 2. The van der Waals surface area contributed by atoms with Crippen molar-refractivity contribution < 1.29 is 14.0 Å². The van der Waals surface area contributed by atoms with Crippen LogP contribution in [-0.4, -0.2) is 54.3 Å². The fraction of sp³-hybridized carbons (Fsp3) is 0.467. The Balaban J connectivity index is 1.82. The molecule has 114 valence electrons. The second kappa shape index (κ2) is 7.45. The first-order valence-corrected chi connectivity index (χ1v) is 8.08. The van der Waals surface area contributed by atoms with Gasteiger partial charge in [-0.25, -0.2) is 4.39 Å². The van der Waals surface area contributed by atoms with E-state index in [1.165, 1.54) is 24.8 Å². The lowest BCUT2D eigenvalue weighted by Gasteiger charge is -2.36. The van der Waals surface area contributed by atoms with Crippen LogP contribution < -0.4 is 4.90 Å². The van der Waals surface area contributed by atoms with E-state index in [1.54, 1.807) is 17.0 Å². The van der Waals surface area contributed by atoms with Crippen molar-refractivity contribution in [3.8, 4) is 0 Å². The standard InChI is InChI=1S/C15H19FN2O2S/c1-12(19)10-21-11-15(20)18-8-6-17(7-9-18)14-5-3-2-4-13(14)16/h2-5H,6-11H2,1H3. The summed E-state index contributed by atoms with van der Waals surface area (Å²) in [4.78, 5) is 26.6. The van der Waals surface area contributed by atoms with Crippen molar-refractivity contribution in [2.75, 3.05) is 42.6 Å². The van der Waals surface area contributed by atoms with E-state index in [-0.39, 0.29) is 17.5 Å². The van der Waals surface area contributed by atoms with Crippen molar-refractivity contribution in [3.63, 3.8) is 0 Å². The predicted molar refractivity (Wildman–Crippen MR) is 83.2 cm³/mol. The highest BCUT2D eigenvalue weighted by atomic mass is 32.2. The molecule has 0 unspecified atom stereocenters. The van der Waals surface area contributed by atoms with Gasteiger partial charge in [0, 0.05) is 26.2 Å². The molecule has 0 bridgehead atoms. The van der Waals surface area contributed by atoms with Crippen LogP contribution in [0.25, 0.3) is 0 Å². The summed E-state index contributed by atoms with van der Waals surface area (Å²) in [6.07, 6.45) is 0. The molecule has 6 heteroatoms. The summed E-state index contributed by atoms with van der Waals surface area (Å²) in [6, 6.07) is 6.69. The minimum Gasteiger partial charge on any atom is -0.366 e. The van der Waals surface area contributed by atoms with Gasteiger partial charge in [0.2, 0.25) is 5.91 Å². The number of nitrogens with zero attached hydrogens (tertiary/aromatic N) is 2. The van der Waals surface area contributed by atoms with Gasteiger partial charge in [-0.1, -0.05) is 12.1 Å². The van der Waals surface area contributed by atoms with E-state index in [1.807, 2.05) is 11.0 Å². The lowest BCUT2D eigenvalue weighted by atomic mass is 10.2. The van der Waals surface area contributed by atoms with Crippen molar-refractivity contribution in [1.82, 2.24) is 4.90 Å². The maximum Gasteiger partial charge on any atom is 0.232 e. The van der Waals surface area contributed by atoms with Crippen molar-refractivity contribution >= 4 is 29.1 Å². The highest BCUT2D eigenvalue weighted by Crippen LogP contribution is 2.20. The van der Waals surface area contributed by atoms with Gasteiger partial charge in [0.15, 0.2) is 0 Å². The molecule has 1 fully saturated rings. The topological polar surface area (TPSA) is 40.6 Å². The molecule has 0 saturated carbocycles. The van der Waals surface area contributed by atoms with Gasteiger partial charge >= 0.3 is 0 Å². The molecule has 0 radical (unpaired) electrons. The summed E-state index contributed by atoms with van der Waals surface area (Å²) in [6.45, 7) is 3.96. The number of para-hydroxylation sites is 1. The zero-order valence-electron chi connectivity index (χ0n) is 12.0. The molecule has 0 spiro atoms. The first-order valence-electron chi connectivity index (χ1n) is 6.92. The van der Waals surface area contributed by atoms with Crippen molar-refractivity contribution in [3.05, 3.63) is 30.1 Å². The Morgan fingerprint density at radius 3 is 2.43 bits per heavy atom. The smallest absolute Gasteiger partial charge is 0.232 e. The maximum atomic E-state index is 13.7. The average Bonchev–Trinajstić information content (AvgIpc) is 2.47. The van der Waals surface area contributed by atoms with Crippen LogP contribution in [0.3, 0.4) is 0 Å². The first-order chi connectivity index (χ1) is 10.1. The van der Waals surface area contributed by atoms with Gasteiger partial charge < -0.3 is 9.80 Å². The third kappa shape index (κ3) is 4.46. The largest absolute Gasteiger partial charge is 0.366 e. The van der Waals surface area contributed by atoms with E-state index < -0.39 is 0 Å². The molecular weight excluding hydrogens is 291 g/mol. The number of Topliss-reactive ketones (excluding diaryl/α,β-unsaturated/α-hetero) is 1. The van der Waals surface area contributed by atoms with E-state index in [0.717, 1.165) is 0 Å². The quantitative estimate of drug-likeness (QED) is 0.831. The van der Waals surface area contributed by atoms with Crippen molar-refractivity contribution in [2.45, 2.75) is 6.92 Å². The minimum absolute atomic E-state index is 0.0504. The average molecular weight is 310 g/mol. The van der Waals surface area contributed by atoms with E-state index >= 15 is 0 Å². The third-order valence-corrected chi connectivity index (χ3v) is 4.42. The van der Waals surface area contributed by atoms with Crippen LogP contribution in [0.5, 0.6) is 0 Å². The number of carbonyl (C=O) groups excluding carboxylic acids is 2.